The van der Waals surface area contributed by atoms with Crippen LogP contribution < -0.4 is 24.8 Å². The molecule has 3 N–H and O–H groups in total. The number of nitrogens with one attached hydrogen (secondary N) is 3. The zero-order valence-corrected chi connectivity index (χ0v) is 20.1. The smallest absolute Gasteiger partial charge is 0.253 e. The third-order valence-electron chi connectivity index (χ3n) is 5.77. The Morgan fingerprint density at radius 2 is 1.71 bits per heavy atom. The van der Waals surface area contributed by atoms with Crippen LogP contribution in [0.2, 0.25) is 0 Å². The highest BCUT2D eigenvalue weighted by atomic mass is 19.1. The summed E-state index contributed by atoms with van der Waals surface area (Å²) >= 11 is 0. The van der Waals surface area contributed by atoms with Crippen molar-refractivity contribution >= 4 is 28.2 Å². The summed E-state index contributed by atoms with van der Waals surface area (Å²) in [5.41, 5.74) is 4.55. The maximum Gasteiger partial charge on any atom is 0.253 e. The van der Waals surface area contributed by atoms with Crippen LogP contribution in [0.3, 0.4) is 0 Å². The Morgan fingerprint density at radius 3 is 2.40 bits per heavy atom. The van der Waals surface area contributed by atoms with Gasteiger partial charge in [-0.25, -0.2) is 4.39 Å². The monoisotopic (exact) mass is 477 g/mol. The van der Waals surface area contributed by atoms with Crippen LogP contribution >= 0.6 is 0 Å². The number of rotatable bonds is 9. The molecule has 0 fully saturated rings. The molecule has 0 bridgehead atoms. The Balaban J connectivity index is 1.52. The Bertz CT molecular complexity index is 1340. The van der Waals surface area contributed by atoms with Crippen molar-refractivity contribution in [2.45, 2.75) is 13.3 Å². The van der Waals surface area contributed by atoms with Crippen LogP contribution in [-0.2, 0) is 6.42 Å². The topological polar surface area (TPSA) is 84.6 Å². The molecule has 35 heavy (non-hydrogen) atoms. The van der Waals surface area contributed by atoms with Crippen molar-refractivity contribution in [2.24, 2.45) is 0 Å². The van der Waals surface area contributed by atoms with Crippen molar-refractivity contribution in [1.29, 1.82) is 0 Å². The molecule has 0 spiro atoms. The largest absolute Gasteiger partial charge is 0.493 e. The van der Waals surface area contributed by atoms with Crippen LogP contribution in [-0.4, -0.2) is 38.8 Å². The number of ether oxygens (including phenoxy) is 3. The number of aromatic nitrogens is 1. The molecule has 8 heteroatoms. The van der Waals surface area contributed by atoms with E-state index in [1.54, 1.807) is 12.1 Å². The third-order valence-corrected chi connectivity index (χ3v) is 5.77. The fourth-order valence-corrected chi connectivity index (χ4v) is 4.03. The van der Waals surface area contributed by atoms with Crippen molar-refractivity contribution in [2.75, 3.05) is 33.2 Å². The summed E-state index contributed by atoms with van der Waals surface area (Å²) in [6.07, 6.45) is 2.62. The number of hydrogen-bond acceptors (Lipinski definition) is 5. The molecule has 1 amide bonds. The summed E-state index contributed by atoms with van der Waals surface area (Å²) in [5, 5.41) is 7.19. The van der Waals surface area contributed by atoms with Gasteiger partial charge in [0, 0.05) is 41.5 Å². The minimum absolute atomic E-state index is 0.309. The van der Waals surface area contributed by atoms with Crippen molar-refractivity contribution in [3.05, 3.63) is 77.2 Å². The predicted molar refractivity (Wildman–Crippen MR) is 135 cm³/mol. The number of fused-ring (bicyclic) bond motifs is 1. The van der Waals surface area contributed by atoms with Crippen molar-refractivity contribution in [3.8, 4) is 17.2 Å². The van der Waals surface area contributed by atoms with E-state index in [4.69, 9.17) is 14.2 Å². The van der Waals surface area contributed by atoms with Gasteiger partial charge >= 0.3 is 0 Å². The fraction of sp³-hybridized carbons (Fsp3) is 0.222. The van der Waals surface area contributed by atoms with Gasteiger partial charge < -0.3 is 29.8 Å². The molecule has 0 aliphatic carbocycles. The average Bonchev–Trinajstić information content (AvgIpc) is 3.25. The second-order valence-electron chi connectivity index (χ2n) is 8.10. The second-order valence-corrected chi connectivity index (χ2v) is 8.10. The number of amides is 1. The van der Waals surface area contributed by atoms with Gasteiger partial charge in [0.15, 0.2) is 11.5 Å². The van der Waals surface area contributed by atoms with Gasteiger partial charge in [-0.3, -0.25) is 4.79 Å². The summed E-state index contributed by atoms with van der Waals surface area (Å²) in [5.74, 6) is 0.531. The van der Waals surface area contributed by atoms with Crippen molar-refractivity contribution < 1.29 is 23.4 Å². The number of benzene rings is 3. The van der Waals surface area contributed by atoms with Gasteiger partial charge in [0.1, 0.15) is 5.82 Å². The zero-order chi connectivity index (χ0) is 24.9. The summed E-state index contributed by atoms with van der Waals surface area (Å²) < 4.78 is 30.2. The summed E-state index contributed by atoms with van der Waals surface area (Å²) in [7, 11) is 4.54. The molecule has 0 atom stereocenters. The van der Waals surface area contributed by atoms with Gasteiger partial charge in [0.25, 0.3) is 5.91 Å². The predicted octanol–water partition coefficient (Wildman–Crippen LogP) is 5.36. The molecule has 0 radical (unpaired) electrons. The van der Waals surface area contributed by atoms with Crippen molar-refractivity contribution in [1.82, 2.24) is 10.3 Å². The van der Waals surface area contributed by atoms with Crippen LogP contribution in [0.1, 0.15) is 21.5 Å². The number of hydrogen-bond donors (Lipinski definition) is 3. The molecular weight excluding hydrogens is 449 g/mol. The molecule has 0 aliphatic rings. The summed E-state index contributed by atoms with van der Waals surface area (Å²) in [6, 6.07) is 13.6. The van der Waals surface area contributed by atoms with E-state index in [0.29, 0.717) is 47.2 Å². The molecule has 1 aromatic heterocycles. The molecule has 7 nitrogen and oxygen atoms in total. The number of methoxy groups -OCH3 is 3. The number of aryl methyl sites for hydroxylation is 1. The molecule has 0 saturated carbocycles. The number of halogens is 1. The van der Waals surface area contributed by atoms with Crippen molar-refractivity contribution in [3.63, 3.8) is 0 Å². The van der Waals surface area contributed by atoms with E-state index in [2.05, 4.69) is 34.7 Å². The van der Waals surface area contributed by atoms with Crippen LogP contribution in [0.15, 0.2) is 54.7 Å². The molecule has 0 aliphatic heterocycles. The Kier molecular flexibility index (Phi) is 7.10. The first-order chi connectivity index (χ1) is 16.9. The second kappa shape index (κ2) is 10.4. The molecule has 4 rings (SSSR count). The number of carbonyl (C=O) groups is 1. The normalized spacial score (nSPS) is 10.8. The maximum absolute atomic E-state index is 14.1. The fourth-order valence-electron chi connectivity index (χ4n) is 4.03. The van der Waals surface area contributed by atoms with Gasteiger partial charge in [0.05, 0.1) is 32.6 Å². The number of anilines is 2. The van der Waals surface area contributed by atoms with Gasteiger partial charge in [-0.1, -0.05) is 11.6 Å². The summed E-state index contributed by atoms with van der Waals surface area (Å²) in [4.78, 5) is 16.3. The molecule has 4 aromatic rings. The van der Waals surface area contributed by atoms with E-state index in [1.165, 1.54) is 45.1 Å². The van der Waals surface area contributed by atoms with Gasteiger partial charge in [-0.15, -0.1) is 0 Å². The van der Waals surface area contributed by atoms with E-state index in [9.17, 15) is 9.18 Å². The number of H-pyrrole nitrogens is 1. The third kappa shape index (κ3) is 5.16. The molecular formula is C27H28FN3O4. The van der Waals surface area contributed by atoms with E-state index in [0.717, 1.165) is 16.5 Å². The SMILES string of the molecule is COc1cc(Nc2cc(F)ccc2C(=O)NCCc2c[nH]c3ccc(C)cc23)cc(OC)c1OC. The molecule has 1 heterocycles. The lowest BCUT2D eigenvalue weighted by molar-refractivity contribution is 0.0955. The standard InChI is InChI=1S/C27H28FN3O4/c1-16-5-8-22-21(11-16)17(15-30-22)9-10-29-27(32)20-7-6-18(28)12-23(20)31-19-13-24(33-2)26(35-4)25(14-19)34-3/h5-8,11-15,30-31H,9-10H2,1-4H3,(H,29,32). The lowest BCUT2D eigenvalue weighted by Gasteiger charge is -2.17. The Morgan fingerprint density at radius 1 is 0.971 bits per heavy atom. The maximum atomic E-state index is 14.1. The highest BCUT2D eigenvalue weighted by Gasteiger charge is 2.17. The summed E-state index contributed by atoms with van der Waals surface area (Å²) in [6.45, 7) is 2.48. The lowest BCUT2D eigenvalue weighted by Crippen LogP contribution is -2.26. The average molecular weight is 478 g/mol. The molecule has 3 aromatic carbocycles. The van der Waals surface area contributed by atoms with Gasteiger partial charge in [0.2, 0.25) is 5.75 Å². The van der Waals surface area contributed by atoms with Crippen LogP contribution in [0, 0.1) is 12.7 Å². The minimum Gasteiger partial charge on any atom is -0.493 e. The number of aromatic amines is 1. The lowest BCUT2D eigenvalue weighted by atomic mass is 10.1. The highest BCUT2D eigenvalue weighted by molar-refractivity contribution is 6.00. The Labute approximate surface area is 203 Å². The van der Waals surface area contributed by atoms with Gasteiger partial charge in [-0.2, -0.15) is 0 Å². The first-order valence-electron chi connectivity index (χ1n) is 11.1. The zero-order valence-electron chi connectivity index (χ0n) is 20.1. The van der Waals surface area contributed by atoms with E-state index < -0.39 is 5.82 Å². The quantitative estimate of drug-likeness (QED) is 0.302. The first kappa shape index (κ1) is 23.9. The molecule has 182 valence electrons. The van der Waals surface area contributed by atoms with E-state index >= 15 is 0 Å². The first-order valence-corrected chi connectivity index (χ1v) is 11.1. The molecule has 0 unspecified atom stereocenters. The number of carbonyl (C=O) groups excluding carboxylic acids is 1. The highest BCUT2D eigenvalue weighted by Crippen LogP contribution is 2.41. The van der Waals surface area contributed by atoms with E-state index in [1.807, 2.05) is 12.3 Å². The van der Waals surface area contributed by atoms with Crippen LogP contribution in [0.25, 0.3) is 10.9 Å². The Hall–Kier alpha value is -4.20. The minimum atomic E-state index is -0.467. The van der Waals surface area contributed by atoms with E-state index in [-0.39, 0.29) is 5.91 Å². The van der Waals surface area contributed by atoms with Gasteiger partial charge in [-0.05, 0) is 49.2 Å². The van der Waals surface area contributed by atoms with Crippen LogP contribution in [0.4, 0.5) is 15.8 Å². The van der Waals surface area contributed by atoms with Crippen LogP contribution in [0.5, 0.6) is 17.2 Å². The molecule has 0 saturated heterocycles.